The van der Waals surface area contributed by atoms with Gasteiger partial charge in [0.05, 0.1) is 24.5 Å². The van der Waals surface area contributed by atoms with Crippen molar-refractivity contribution in [2.75, 3.05) is 32.8 Å². The number of aromatic nitrogens is 1. The molecule has 1 saturated heterocycles. The van der Waals surface area contributed by atoms with Crippen molar-refractivity contribution in [2.45, 2.75) is 32.9 Å². The molecule has 0 aromatic carbocycles. The zero-order valence-electron chi connectivity index (χ0n) is 15.2. The van der Waals surface area contributed by atoms with E-state index in [-0.39, 0.29) is 5.91 Å². The highest BCUT2D eigenvalue weighted by atomic mass is 32.1. The minimum absolute atomic E-state index is 0.177. The van der Waals surface area contributed by atoms with Crippen molar-refractivity contribution < 1.29 is 9.53 Å². The smallest absolute Gasteiger partial charge is 0.255 e. The number of hydrogen-bond acceptors (Lipinski definition) is 5. The van der Waals surface area contributed by atoms with E-state index >= 15 is 0 Å². The number of morpholine rings is 1. The van der Waals surface area contributed by atoms with E-state index in [9.17, 15) is 4.79 Å². The molecule has 0 atom stereocenters. The van der Waals surface area contributed by atoms with Gasteiger partial charge in [0.2, 0.25) is 0 Å². The van der Waals surface area contributed by atoms with Crippen molar-refractivity contribution in [1.29, 1.82) is 0 Å². The lowest BCUT2D eigenvalue weighted by molar-refractivity contribution is 0.0302. The number of fused-ring (bicyclic) bond motifs is 1. The molecule has 26 heavy (non-hydrogen) atoms. The number of carbonyl (C=O) groups is 1. The maximum absolute atomic E-state index is 12.8. The molecule has 0 N–H and O–H groups in total. The van der Waals surface area contributed by atoms with Gasteiger partial charge < -0.3 is 9.64 Å². The Kier molecular flexibility index (Phi) is 5.33. The van der Waals surface area contributed by atoms with Crippen molar-refractivity contribution in [3.05, 3.63) is 51.0 Å². The van der Waals surface area contributed by atoms with Crippen LogP contribution in [-0.2, 0) is 30.7 Å². The number of hydrogen-bond donors (Lipinski definition) is 0. The van der Waals surface area contributed by atoms with E-state index in [1.54, 1.807) is 11.3 Å². The average molecular weight is 372 g/mol. The number of aryl methyl sites for hydroxylation is 1. The lowest BCUT2D eigenvalue weighted by Crippen LogP contribution is -2.41. The zero-order valence-corrected chi connectivity index (χ0v) is 16.1. The number of thiophene rings is 1. The first-order valence-corrected chi connectivity index (χ1v) is 10.2. The SMILES string of the molecule is CCc1ccc(CN2CCc3c(C(=O)N4CCOCC4)csc3C2)nc1. The molecule has 0 radical (unpaired) electrons. The molecule has 5 nitrogen and oxygen atoms in total. The van der Waals surface area contributed by atoms with Crippen molar-refractivity contribution in [1.82, 2.24) is 14.8 Å². The Hall–Kier alpha value is -1.76. The number of ether oxygens (including phenoxy) is 1. The van der Waals surface area contributed by atoms with Crippen molar-refractivity contribution in [3.63, 3.8) is 0 Å². The van der Waals surface area contributed by atoms with Crippen LogP contribution < -0.4 is 0 Å². The van der Waals surface area contributed by atoms with Crippen molar-refractivity contribution in [2.24, 2.45) is 0 Å². The van der Waals surface area contributed by atoms with Gasteiger partial charge in [-0.3, -0.25) is 14.7 Å². The summed E-state index contributed by atoms with van der Waals surface area (Å²) in [5.74, 6) is 0.177. The van der Waals surface area contributed by atoms with Gasteiger partial charge in [-0.15, -0.1) is 11.3 Å². The van der Waals surface area contributed by atoms with Crippen LogP contribution in [0.1, 0.15) is 39.0 Å². The minimum atomic E-state index is 0.177. The molecule has 2 aromatic rings. The van der Waals surface area contributed by atoms with E-state index in [1.807, 2.05) is 11.1 Å². The van der Waals surface area contributed by atoms with Gasteiger partial charge in [0.1, 0.15) is 0 Å². The van der Waals surface area contributed by atoms with E-state index in [0.717, 1.165) is 43.7 Å². The second-order valence-electron chi connectivity index (χ2n) is 6.93. The third-order valence-electron chi connectivity index (χ3n) is 5.23. The van der Waals surface area contributed by atoms with Gasteiger partial charge in [-0.05, 0) is 30.0 Å². The summed E-state index contributed by atoms with van der Waals surface area (Å²) >= 11 is 1.72. The first-order valence-electron chi connectivity index (χ1n) is 9.37. The van der Waals surface area contributed by atoms with Crippen LogP contribution in [0.15, 0.2) is 23.7 Å². The molecule has 0 saturated carbocycles. The molecular weight excluding hydrogens is 346 g/mol. The Labute approximate surface area is 158 Å². The van der Waals surface area contributed by atoms with Crippen LogP contribution in [0, 0.1) is 0 Å². The first-order chi connectivity index (χ1) is 12.7. The fourth-order valence-corrected chi connectivity index (χ4v) is 4.73. The van der Waals surface area contributed by atoms with Crippen LogP contribution in [0.2, 0.25) is 0 Å². The van der Waals surface area contributed by atoms with E-state index in [1.165, 1.54) is 16.0 Å². The maximum Gasteiger partial charge on any atom is 0.255 e. The summed E-state index contributed by atoms with van der Waals surface area (Å²) in [7, 11) is 0. The Morgan fingerprint density at radius 3 is 2.85 bits per heavy atom. The second kappa shape index (κ2) is 7.86. The van der Waals surface area contributed by atoms with Crippen LogP contribution in [0.25, 0.3) is 0 Å². The largest absolute Gasteiger partial charge is 0.378 e. The molecule has 1 fully saturated rings. The molecule has 0 spiro atoms. The summed E-state index contributed by atoms with van der Waals surface area (Å²) in [5.41, 5.74) is 4.57. The second-order valence-corrected chi connectivity index (χ2v) is 7.89. The Bertz CT molecular complexity index is 766. The summed E-state index contributed by atoms with van der Waals surface area (Å²) < 4.78 is 5.36. The fourth-order valence-electron chi connectivity index (χ4n) is 3.62. The van der Waals surface area contributed by atoms with Gasteiger partial charge in [0.25, 0.3) is 5.91 Å². The molecule has 2 aromatic heterocycles. The number of carbonyl (C=O) groups excluding carboxylic acids is 1. The average Bonchev–Trinajstić information content (AvgIpc) is 3.12. The van der Waals surface area contributed by atoms with Gasteiger partial charge in [-0.1, -0.05) is 13.0 Å². The standard InChI is InChI=1S/C20H25N3O2S/c1-2-15-3-4-16(21-11-15)12-22-6-5-17-18(14-26-19(17)13-22)20(24)23-7-9-25-10-8-23/h3-4,11,14H,2,5-10,12-13H2,1H3. The molecule has 6 heteroatoms. The fraction of sp³-hybridized carbons (Fsp3) is 0.500. The quantitative estimate of drug-likeness (QED) is 0.829. The van der Waals surface area contributed by atoms with Gasteiger partial charge >= 0.3 is 0 Å². The van der Waals surface area contributed by atoms with Gasteiger partial charge in [-0.25, -0.2) is 0 Å². The number of amides is 1. The highest BCUT2D eigenvalue weighted by Gasteiger charge is 2.27. The molecule has 138 valence electrons. The predicted octanol–water partition coefficient (Wildman–Crippen LogP) is 2.74. The molecule has 0 aliphatic carbocycles. The highest BCUT2D eigenvalue weighted by molar-refractivity contribution is 7.10. The van der Waals surface area contributed by atoms with E-state index in [2.05, 4.69) is 34.3 Å². The molecule has 1 amide bonds. The van der Waals surface area contributed by atoms with Crippen molar-refractivity contribution in [3.8, 4) is 0 Å². The van der Waals surface area contributed by atoms with Gasteiger partial charge in [-0.2, -0.15) is 0 Å². The Morgan fingerprint density at radius 2 is 2.12 bits per heavy atom. The summed E-state index contributed by atoms with van der Waals surface area (Å²) in [6.45, 7) is 7.61. The third kappa shape index (κ3) is 3.68. The van der Waals surface area contributed by atoms with Crippen LogP contribution in [0.5, 0.6) is 0 Å². The molecule has 2 aliphatic heterocycles. The topological polar surface area (TPSA) is 45.7 Å². The summed E-state index contributed by atoms with van der Waals surface area (Å²) in [6.07, 6.45) is 3.95. The summed E-state index contributed by atoms with van der Waals surface area (Å²) in [5, 5.41) is 2.06. The van der Waals surface area contributed by atoms with E-state index < -0.39 is 0 Å². The highest BCUT2D eigenvalue weighted by Crippen LogP contribution is 2.30. The number of rotatable bonds is 4. The van der Waals surface area contributed by atoms with Crippen LogP contribution in [0.4, 0.5) is 0 Å². The first kappa shape index (κ1) is 17.6. The predicted molar refractivity (Wildman–Crippen MR) is 102 cm³/mol. The number of pyridine rings is 1. The molecule has 2 aliphatic rings. The normalized spacial score (nSPS) is 18.0. The lowest BCUT2D eigenvalue weighted by atomic mass is 10.0. The minimum Gasteiger partial charge on any atom is -0.378 e. The number of nitrogens with zero attached hydrogens (tertiary/aromatic N) is 3. The molecule has 4 rings (SSSR count). The third-order valence-corrected chi connectivity index (χ3v) is 6.25. The monoisotopic (exact) mass is 371 g/mol. The van der Waals surface area contributed by atoms with Gasteiger partial charge in [0, 0.05) is 49.2 Å². The van der Waals surface area contributed by atoms with Gasteiger partial charge in [0.15, 0.2) is 0 Å². The molecule has 4 heterocycles. The van der Waals surface area contributed by atoms with Crippen LogP contribution in [0.3, 0.4) is 0 Å². The van der Waals surface area contributed by atoms with Crippen LogP contribution >= 0.6 is 11.3 Å². The van der Waals surface area contributed by atoms with E-state index in [4.69, 9.17) is 4.74 Å². The Balaban J connectivity index is 1.43. The Morgan fingerprint density at radius 1 is 1.27 bits per heavy atom. The summed E-state index contributed by atoms with van der Waals surface area (Å²) in [4.78, 5) is 23.1. The van der Waals surface area contributed by atoms with E-state index in [0.29, 0.717) is 26.3 Å². The molecule has 0 bridgehead atoms. The van der Waals surface area contributed by atoms with Crippen molar-refractivity contribution >= 4 is 17.2 Å². The maximum atomic E-state index is 12.8. The zero-order chi connectivity index (χ0) is 17.9. The summed E-state index contributed by atoms with van der Waals surface area (Å²) in [6, 6.07) is 4.30. The lowest BCUT2D eigenvalue weighted by Gasteiger charge is -2.29. The molecular formula is C20H25N3O2S. The molecule has 0 unspecified atom stereocenters. The van der Waals surface area contributed by atoms with Crippen LogP contribution in [-0.4, -0.2) is 53.5 Å².